The van der Waals surface area contributed by atoms with E-state index in [0.29, 0.717) is 32.1 Å². The van der Waals surface area contributed by atoms with Crippen molar-refractivity contribution in [3.05, 3.63) is 48.6 Å². The van der Waals surface area contributed by atoms with E-state index in [2.05, 4.69) is 0 Å². The van der Waals surface area contributed by atoms with Crippen LogP contribution < -0.4 is 0 Å². The predicted molar refractivity (Wildman–Crippen MR) is 109 cm³/mol. The first-order valence-electron chi connectivity index (χ1n) is 9.98. The van der Waals surface area contributed by atoms with Crippen LogP contribution in [0.2, 0.25) is 0 Å². The topological polar surface area (TPSA) is 107 Å². The lowest BCUT2D eigenvalue weighted by molar-refractivity contribution is -0.136. The van der Waals surface area contributed by atoms with E-state index in [0.717, 1.165) is 6.42 Å². The number of carboxylic acid groups (broad SMARTS) is 1. The summed E-state index contributed by atoms with van der Waals surface area (Å²) in [6.07, 6.45) is 15.2. The van der Waals surface area contributed by atoms with Gasteiger partial charge in [0.25, 0.3) is 0 Å². The van der Waals surface area contributed by atoms with E-state index in [1.54, 1.807) is 12.2 Å². The summed E-state index contributed by atoms with van der Waals surface area (Å²) in [5, 5.41) is 38.8. The van der Waals surface area contributed by atoms with E-state index in [9.17, 15) is 20.1 Å². The van der Waals surface area contributed by atoms with Crippen molar-refractivity contribution >= 4 is 5.97 Å². The summed E-state index contributed by atoms with van der Waals surface area (Å²) < 4.78 is 5.72. The normalized spacial score (nSPS) is 25.5. The van der Waals surface area contributed by atoms with Crippen molar-refractivity contribution in [1.29, 1.82) is 0 Å². The third-order valence-corrected chi connectivity index (χ3v) is 4.42. The summed E-state index contributed by atoms with van der Waals surface area (Å²) in [7, 11) is 0. The Hall–Kier alpha value is -1.73. The molecule has 0 aromatic rings. The first-order chi connectivity index (χ1) is 13.4. The molecule has 158 valence electrons. The summed E-state index contributed by atoms with van der Waals surface area (Å²) in [6, 6.07) is 0. The number of hydrogen-bond acceptors (Lipinski definition) is 5. The van der Waals surface area contributed by atoms with Crippen molar-refractivity contribution in [3.63, 3.8) is 0 Å². The molecule has 1 aliphatic rings. The van der Waals surface area contributed by atoms with Crippen molar-refractivity contribution in [3.8, 4) is 0 Å². The van der Waals surface area contributed by atoms with Gasteiger partial charge in [-0.15, -0.1) is 0 Å². The predicted octanol–water partition coefficient (Wildman–Crippen LogP) is 2.90. The largest absolute Gasteiger partial charge is 0.481 e. The third kappa shape index (κ3) is 10.6. The molecule has 28 heavy (non-hydrogen) atoms. The van der Waals surface area contributed by atoms with Crippen molar-refractivity contribution in [2.75, 3.05) is 0 Å². The van der Waals surface area contributed by atoms with Crippen LogP contribution in [0.1, 0.15) is 51.9 Å². The second kappa shape index (κ2) is 14.3. The Morgan fingerprint density at radius 1 is 1.11 bits per heavy atom. The first-order valence-corrected chi connectivity index (χ1v) is 9.98. The highest BCUT2D eigenvalue weighted by Crippen LogP contribution is 2.25. The van der Waals surface area contributed by atoms with Crippen molar-refractivity contribution < 1.29 is 30.0 Å². The average Bonchev–Trinajstić information content (AvgIpc) is 3.03. The summed E-state index contributed by atoms with van der Waals surface area (Å²) in [4.78, 5) is 10.4. The maximum absolute atomic E-state index is 10.4. The van der Waals surface area contributed by atoms with Gasteiger partial charge in [-0.25, -0.2) is 0 Å². The van der Waals surface area contributed by atoms with Gasteiger partial charge in [-0.3, -0.25) is 4.79 Å². The fourth-order valence-corrected chi connectivity index (χ4v) is 2.84. The number of hydrogen-bond donors (Lipinski definition) is 4. The molecular weight excluding hydrogens is 360 g/mol. The van der Waals surface area contributed by atoms with Crippen LogP contribution in [0.4, 0.5) is 0 Å². The molecule has 1 saturated heterocycles. The summed E-state index contributed by atoms with van der Waals surface area (Å²) >= 11 is 0. The maximum Gasteiger partial charge on any atom is 0.303 e. The van der Waals surface area contributed by atoms with Gasteiger partial charge in [0.15, 0.2) is 0 Å². The van der Waals surface area contributed by atoms with Crippen molar-refractivity contribution in [2.45, 2.75) is 82.4 Å². The molecule has 1 rings (SSSR count). The number of carboxylic acids is 1. The Morgan fingerprint density at radius 3 is 2.54 bits per heavy atom. The zero-order chi connectivity index (χ0) is 20.8. The molecule has 0 radical (unpaired) electrons. The molecular formula is C22H34O6. The number of carbonyl (C=O) groups is 1. The molecule has 0 aromatic heterocycles. The van der Waals surface area contributed by atoms with E-state index >= 15 is 0 Å². The highest BCUT2D eigenvalue weighted by Gasteiger charge is 2.35. The molecule has 0 bridgehead atoms. The number of aliphatic hydroxyl groups excluding tert-OH is 3. The highest BCUT2D eigenvalue weighted by atomic mass is 16.5. The Kier molecular flexibility index (Phi) is 12.4. The molecule has 6 nitrogen and oxygen atoms in total. The Balaban J connectivity index is 2.31. The molecule has 4 N–H and O–H groups in total. The van der Waals surface area contributed by atoms with Crippen LogP contribution in [0.15, 0.2) is 48.6 Å². The molecule has 5 atom stereocenters. The Bertz CT molecular complexity index is 551. The first kappa shape index (κ1) is 24.3. The van der Waals surface area contributed by atoms with Crippen molar-refractivity contribution in [2.24, 2.45) is 0 Å². The minimum absolute atomic E-state index is 0.127. The number of ether oxygens (including phenoxy) is 1. The minimum atomic E-state index is -0.807. The van der Waals surface area contributed by atoms with Crippen LogP contribution in [0.25, 0.3) is 0 Å². The molecule has 1 heterocycles. The fourth-order valence-electron chi connectivity index (χ4n) is 2.84. The maximum atomic E-state index is 10.4. The average molecular weight is 395 g/mol. The molecule has 1 fully saturated rings. The zero-order valence-electron chi connectivity index (χ0n) is 16.6. The van der Waals surface area contributed by atoms with Gasteiger partial charge in [0.05, 0.1) is 24.4 Å². The van der Waals surface area contributed by atoms with Crippen LogP contribution in [-0.2, 0) is 9.53 Å². The van der Waals surface area contributed by atoms with Gasteiger partial charge >= 0.3 is 5.97 Å². The minimum Gasteiger partial charge on any atom is -0.481 e. The summed E-state index contributed by atoms with van der Waals surface area (Å²) in [5.74, 6) is -0.807. The molecule has 0 saturated carbocycles. The molecule has 6 heteroatoms. The fraction of sp³-hybridized carbons (Fsp3) is 0.591. The van der Waals surface area contributed by atoms with Crippen LogP contribution >= 0.6 is 0 Å². The number of aliphatic carboxylic acids is 1. The second-order valence-electron chi connectivity index (χ2n) is 6.92. The lowest BCUT2D eigenvalue weighted by Gasteiger charge is -2.16. The Labute approximate surface area is 167 Å². The summed E-state index contributed by atoms with van der Waals surface area (Å²) in [6.45, 7) is 2.03. The molecule has 0 spiro atoms. The highest BCUT2D eigenvalue weighted by molar-refractivity contribution is 5.66. The van der Waals surface area contributed by atoms with Crippen LogP contribution in [0.3, 0.4) is 0 Å². The van der Waals surface area contributed by atoms with Gasteiger partial charge < -0.3 is 25.2 Å². The van der Waals surface area contributed by atoms with Gasteiger partial charge in [0.2, 0.25) is 0 Å². The third-order valence-electron chi connectivity index (χ3n) is 4.42. The van der Waals surface area contributed by atoms with E-state index in [1.165, 1.54) is 0 Å². The van der Waals surface area contributed by atoms with Crippen LogP contribution in [-0.4, -0.2) is 56.9 Å². The van der Waals surface area contributed by atoms with Gasteiger partial charge in [0, 0.05) is 12.8 Å². The van der Waals surface area contributed by atoms with Crippen LogP contribution in [0, 0.1) is 0 Å². The SMILES string of the molecule is CC/C=C\C[C@@H](O)/C=C/[C@H]1O[C@H]([C@@H](O)C/C=C\C/C=C\CCC(=O)O)C[C@@H]1O. The molecule has 0 aliphatic carbocycles. The number of aliphatic hydroxyl groups is 3. The molecule has 0 amide bonds. The zero-order valence-corrected chi connectivity index (χ0v) is 16.6. The Morgan fingerprint density at radius 2 is 1.82 bits per heavy atom. The van der Waals surface area contributed by atoms with Gasteiger partial charge in [-0.2, -0.15) is 0 Å². The van der Waals surface area contributed by atoms with Crippen molar-refractivity contribution in [1.82, 2.24) is 0 Å². The summed E-state index contributed by atoms with van der Waals surface area (Å²) in [5.41, 5.74) is 0. The standard InChI is InChI=1S/C22H34O6/c1-2-3-8-11-17(23)14-15-20-19(25)16-21(28-20)18(24)12-9-6-4-5-7-10-13-22(26)27/h3,5-9,14-15,17-21,23-25H,2,4,10-13,16H2,1H3,(H,26,27)/b7-5-,8-3-,9-6-,15-14+/t17-,18+,19+,20-,21+/m1/s1. The van der Waals surface area contributed by atoms with E-state index in [-0.39, 0.29) is 6.42 Å². The van der Waals surface area contributed by atoms with E-state index in [4.69, 9.17) is 9.84 Å². The number of rotatable bonds is 13. The van der Waals surface area contributed by atoms with E-state index < -0.39 is 36.5 Å². The van der Waals surface area contributed by atoms with E-state index in [1.807, 2.05) is 43.4 Å². The number of allylic oxidation sites excluding steroid dienone is 4. The van der Waals surface area contributed by atoms with Gasteiger partial charge in [-0.05, 0) is 32.1 Å². The second-order valence-corrected chi connectivity index (χ2v) is 6.92. The lowest BCUT2D eigenvalue weighted by Crippen LogP contribution is -2.25. The lowest BCUT2D eigenvalue weighted by atomic mass is 10.0. The molecule has 1 aliphatic heterocycles. The quantitative estimate of drug-likeness (QED) is 0.358. The monoisotopic (exact) mass is 394 g/mol. The van der Waals surface area contributed by atoms with Gasteiger partial charge in [-0.1, -0.05) is 55.5 Å². The smallest absolute Gasteiger partial charge is 0.303 e. The molecule has 0 aromatic carbocycles. The molecule has 0 unspecified atom stereocenters. The van der Waals surface area contributed by atoms with Gasteiger partial charge in [0.1, 0.15) is 6.10 Å². The van der Waals surface area contributed by atoms with Crippen LogP contribution in [0.5, 0.6) is 0 Å².